The van der Waals surface area contributed by atoms with E-state index in [4.69, 9.17) is 9.73 Å². The number of carbonyl (C=O) groups excluding carboxylic acids is 2. The summed E-state index contributed by atoms with van der Waals surface area (Å²) < 4.78 is 5.72. The summed E-state index contributed by atoms with van der Waals surface area (Å²) in [5, 5.41) is 11.1. The molecule has 2 aliphatic heterocycles. The van der Waals surface area contributed by atoms with Crippen LogP contribution in [0.5, 0.6) is 0 Å². The zero-order chi connectivity index (χ0) is 34.3. The lowest BCUT2D eigenvalue weighted by atomic mass is 9.78. The van der Waals surface area contributed by atoms with Crippen LogP contribution in [0.15, 0.2) is 102 Å². The second kappa shape index (κ2) is 15.3. The number of hydrogen-bond acceptors (Lipinski definition) is 5. The molecule has 0 aliphatic carbocycles. The van der Waals surface area contributed by atoms with E-state index in [1.54, 1.807) is 4.90 Å². The zero-order valence-electron chi connectivity index (χ0n) is 29.1. The number of hydrogen-bond donors (Lipinski definition) is 1. The summed E-state index contributed by atoms with van der Waals surface area (Å²) in [6.45, 7) is 10.6. The van der Waals surface area contributed by atoms with Crippen molar-refractivity contribution in [3.63, 3.8) is 0 Å². The van der Waals surface area contributed by atoms with Gasteiger partial charge < -0.3 is 19.6 Å². The van der Waals surface area contributed by atoms with E-state index in [1.807, 2.05) is 100 Å². The molecule has 5 rings (SSSR count). The molecule has 1 N–H and O–H groups in total. The van der Waals surface area contributed by atoms with Crippen LogP contribution in [0.2, 0.25) is 0 Å². The molecular formula is C41H51N3O4. The largest absolute Gasteiger partial charge is 0.444 e. The summed E-state index contributed by atoms with van der Waals surface area (Å²) >= 11 is 0. The molecule has 3 aromatic carbocycles. The predicted molar refractivity (Wildman–Crippen MR) is 193 cm³/mol. The molecule has 0 spiro atoms. The number of aliphatic imine (C=N–C) groups is 1. The quantitative estimate of drug-likeness (QED) is 0.242. The van der Waals surface area contributed by atoms with Crippen LogP contribution in [0.25, 0.3) is 5.57 Å². The normalized spacial score (nSPS) is 19.3. The Hall–Kier alpha value is -4.23. The molecule has 2 heterocycles. The Bertz CT molecular complexity index is 1570. The molecule has 2 aliphatic rings. The van der Waals surface area contributed by atoms with Crippen LogP contribution in [0, 0.1) is 5.92 Å². The van der Waals surface area contributed by atoms with Crippen molar-refractivity contribution >= 4 is 23.8 Å². The van der Waals surface area contributed by atoms with E-state index in [-0.39, 0.29) is 29.9 Å². The maximum atomic E-state index is 14.7. The molecule has 1 fully saturated rings. The van der Waals surface area contributed by atoms with Crippen molar-refractivity contribution in [2.24, 2.45) is 10.9 Å². The first kappa shape index (κ1) is 35.1. The highest BCUT2D eigenvalue weighted by atomic mass is 16.6. The van der Waals surface area contributed by atoms with E-state index in [0.29, 0.717) is 31.8 Å². The Labute approximate surface area is 286 Å². The van der Waals surface area contributed by atoms with Gasteiger partial charge in [-0.2, -0.15) is 0 Å². The lowest BCUT2D eigenvalue weighted by molar-refractivity contribution is -0.132. The number of piperazine rings is 1. The molecule has 48 heavy (non-hydrogen) atoms. The first-order valence-corrected chi connectivity index (χ1v) is 17.3. The van der Waals surface area contributed by atoms with Crippen molar-refractivity contribution in [2.75, 3.05) is 19.6 Å². The summed E-state index contributed by atoms with van der Waals surface area (Å²) in [4.78, 5) is 36.3. The molecule has 1 unspecified atom stereocenters. The fourth-order valence-electron chi connectivity index (χ4n) is 7.07. The molecule has 7 nitrogen and oxygen atoms in total. The topological polar surface area (TPSA) is 82.4 Å². The summed E-state index contributed by atoms with van der Waals surface area (Å²) in [6, 6.07) is 30.3. The van der Waals surface area contributed by atoms with Gasteiger partial charge in [0.15, 0.2) is 0 Å². The second-order valence-corrected chi connectivity index (χ2v) is 14.7. The number of benzene rings is 3. The number of carbonyl (C=O) groups is 2. The van der Waals surface area contributed by atoms with E-state index >= 15 is 0 Å². The minimum atomic E-state index is -0.857. The van der Waals surface area contributed by atoms with Crippen LogP contribution in [0.3, 0.4) is 0 Å². The maximum Gasteiger partial charge on any atom is 0.410 e. The Morgan fingerprint density at radius 2 is 1.52 bits per heavy atom. The fourth-order valence-corrected chi connectivity index (χ4v) is 7.07. The summed E-state index contributed by atoms with van der Waals surface area (Å²) in [5.74, 6) is 0.0113. The lowest BCUT2D eigenvalue weighted by Gasteiger charge is -2.42. The third-order valence-corrected chi connectivity index (χ3v) is 9.37. The average Bonchev–Trinajstić information content (AvgIpc) is 3.06. The third-order valence-electron chi connectivity index (χ3n) is 9.37. The third kappa shape index (κ3) is 9.01. The van der Waals surface area contributed by atoms with Crippen molar-refractivity contribution in [3.05, 3.63) is 113 Å². The SMILES string of the molecule is CC(C)(C)OC(=O)N1CCN(C(=O)C2=C(c3ccccc3)C(CCC[C@@H](c3ccccc3)C(C)(C)O)CC=N2)[C@H](Cc2ccccc2)C1. The Morgan fingerprint density at radius 1 is 0.896 bits per heavy atom. The minimum Gasteiger partial charge on any atom is -0.444 e. The second-order valence-electron chi connectivity index (χ2n) is 14.7. The van der Waals surface area contributed by atoms with Gasteiger partial charge in [-0.15, -0.1) is 0 Å². The van der Waals surface area contributed by atoms with Gasteiger partial charge in [0, 0.05) is 31.8 Å². The van der Waals surface area contributed by atoms with Gasteiger partial charge in [0.1, 0.15) is 11.3 Å². The molecule has 0 radical (unpaired) electrons. The predicted octanol–water partition coefficient (Wildman–Crippen LogP) is 7.90. The molecule has 0 bridgehead atoms. The van der Waals surface area contributed by atoms with Crippen LogP contribution in [0.1, 0.15) is 82.9 Å². The smallest absolute Gasteiger partial charge is 0.410 e. The van der Waals surface area contributed by atoms with Crippen LogP contribution in [-0.4, -0.2) is 70.0 Å². The van der Waals surface area contributed by atoms with Gasteiger partial charge in [0.2, 0.25) is 0 Å². The Kier molecular flexibility index (Phi) is 11.2. The molecule has 1 saturated heterocycles. The number of nitrogens with zero attached hydrogens (tertiary/aromatic N) is 3. The fraction of sp³-hybridized carbons (Fsp3) is 0.439. The minimum absolute atomic E-state index is 0.00114. The van der Waals surface area contributed by atoms with Crippen molar-refractivity contribution in [2.45, 2.75) is 89.9 Å². The highest BCUT2D eigenvalue weighted by molar-refractivity contribution is 6.04. The first-order chi connectivity index (χ1) is 22.9. The molecule has 3 aromatic rings. The van der Waals surface area contributed by atoms with Gasteiger partial charge in [0.25, 0.3) is 5.91 Å². The van der Waals surface area contributed by atoms with Crippen LogP contribution in [0.4, 0.5) is 4.79 Å². The summed E-state index contributed by atoms with van der Waals surface area (Å²) in [6.07, 6.45) is 5.50. The molecule has 0 saturated carbocycles. The van der Waals surface area contributed by atoms with Gasteiger partial charge in [-0.25, -0.2) is 4.79 Å². The summed E-state index contributed by atoms with van der Waals surface area (Å²) in [7, 11) is 0. The zero-order valence-corrected chi connectivity index (χ0v) is 29.1. The lowest BCUT2D eigenvalue weighted by Crippen LogP contribution is -2.58. The van der Waals surface area contributed by atoms with Gasteiger partial charge in [-0.05, 0) is 88.5 Å². The Balaban J connectivity index is 1.42. The van der Waals surface area contributed by atoms with Crippen molar-refractivity contribution in [1.29, 1.82) is 0 Å². The van der Waals surface area contributed by atoms with E-state index in [0.717, 1.165) is 47.9 Å². The number of ether oxygens (including phenoxy) is 1. The monoisotopic (exact) mass is 649 g/mol. The standard InChI is InChI=1S/C41H51N3O4/c1-40(2,3)48-39(46)43-26-27-44(34(29-43)28-30-16-9-6-10-17-30)38(45)37-36(32-20-13-8-14-21-32)33(24-25-42-37)22-15-23-35(41(4,5)47)31-18-11-7-12-19-31/h6-14,16-21,25,33-35,47H,15,22-24,26-29H2,1-5H3/t33?,34-,35+/m1/s1. The van der Waals surface area contributed by atoms with Crippen LogP contribution in [-0.2, 0) is 16.0 Å². The van der Waals surface area contributed by atoms with E-state index < -0.39 is 11.2 Å². The molecular weight excluding hydrogens is 598 g/mol. The van der Waals surface area contributed by atoms with Crippen LogP contribution < -0.4 is 0 Å². The average molecular weight is 650 g/mol. The molecule has 0 aromatic heterocycles. The van der Waals surface area contributed by atoms with Crippen molar-refractivity contribution in [3.8, 4) is 0 Å². The van der Waals surface area contributed by atoms with Gasteiger partial charge in [0.05, 0.1) is 11.6 Å². The van der Waals surface area contributed by atoms with Crippen molar-refractivity contribution in [1.82, 2.24) is 9.80 Å². The number of rotatable bonds is 10. The molecule has 2 amide bonds. The Morgan fingerprint density at radius 3 is 2.15 bits per heavy atom. The van der Waals surface area contributed by atoms with Crippen molar-refractivity contribution < 1.29 is 19.4 Å². The number of allylic oxidation sites excluding steroid dienone is 1. The van der Waals surface area contributed by atoms with E-state index in [1.165, 1.54) is 0 Å². The van der Waals surface area contributed by atoms with Gasteiger partial charge in [-0.3, -0.25) is 9.79 Å². The number of aliphatic hydroxyl groups is 1. The van der Waals surface area contributed by atoms with E-state index in [9.17, 15) is 14.7 Å². The highest BCUT2D eigenvalue weighted by Gasteiger charge is 2.38. The van der Waals surface area contributed by atoms with Gasteiger partial charge in [-0.1, -0.05) is 97.4 Å². The van der Waals surface area contributed by atoms with E-state index in [2.05, 4.69) is 36.4 Å². The summed E-state index contributed by atoms with van der Waals surface area (Å²) in [5.41, 5.74) is 3.27. The first-order valence-electron chi connectivity index (χ1n) is 17.3. The molecule has 3 atom stereocenters. The van der Waals surface area contributed by atoms with Crippen LogP contribution >= 0.6 is 0 Å². The number of amides is 2. The highest BCUT2D eigenvalue weighted by Crippen LogP contribution is 2.39. The maximum absolute atomic E-state index is 14.7. The van der Waals surface area contributed by atoms with Gasteiger partial charge >= 0.3 is 6.09 Å². The molecule has 254 valence electrons. The molecule has 7 heteroatoms.